The summed E-state index contributed by atoms with van der Waals surface area (Å²) in [6, 6.07) is 18.7. The van der Waals surface area contributed by atoms with E-state index in [4.69, 9.17) is 0 Å². The molecule has 1 heterocycles. The molecule has 4 nitrogen and oxygen atoms in total. The third-order valence-corrected chi connectivity index (χ3v) is 6.10. The Morgan fingerprint density at radius 1 is 0.964 bits per heavy atom. The zero-order valence-electron chi connectivity index (χ0n) is 16.3. The Labute approximate surface area is 166 Å². The number of nitrogens with zero attached hydrogens (tertiary/aromatic N) is 1. The topological polar surface area (TPSA) is 49.4 Å². The van der Waals surface area contributed by atoms with Gasteiger partial charge in [0.1, 0.15) is 0 Å². The summed E-state index contributed by atoms with van der Waals surface area (Å²) in [7, 11) is 0. The van der Waals surface area contributed by atoms with E-state index in [-0.39, 0.29) is 17.7 Å². The molecule has 2 aromatic rings. The lowest BCUT2D eigenvalue weighted by atomic mass is 9.94. The molecule has 1 N–H and O–H groups in total. The zero-order chi connectivity index (χ0) is 19.3. The normalized spacial score (nSPS) is 20.4. The SMILES string of the molecule is O=C(NCc1ccccc1-c1ccccc1)C1CC(=O)N(C2CCCCC2)C1. The average Bonchev–Trinajstić information content (AvgIpc) is 3.15. The van der Waals surface area contributed by atoms with Gasteiger partial charge < -0.3 is 10.2 Å². The number of nitrogens with one attached hydrogen (secondary N) is 1. The van der Waals surface area contributed by atoms with Crippen LogP contribution in [0.5, 0.6) is 0 Å². The van der Waals surface area contributed by atoms with Gasteiger partial charge in [0.05, 0.1) is 5.92 Å². The second kappa shape index (κ2) is 8.59. The molecular formula is C24H28N2O2. The molecule has 0 spiro atoms. The maximum absolute atomic E-state index is 12.8. The van der Waals surface area contributed by atoms with Crippen molar-refractivity contribution in [2.75, 3.05) is 6.54 Å². The first-order valence-corrected chi connectivity index (χ1v) is 10.4. The molecule has 4 heteroatoms. The van der Waals surface area contributed by atoms with Gasteiger partial charge in [0.25, 0.3) is 0 Å². The highest BCUT2D eigenvalue weighted by Gasteiger charge is 2.38. The Kier molecular flexibility index (Phi) is 5.75. The van der Waals surface area contributed by atoms with Crippen LogP contribution in [0.4, 0.5) is 0 Å². The summed E-state index contributed by atoms with van der Waals surface area (Å²) in [6.07, 6.45) is 6.18. The molecule has 146 valence electrons. The monoisotopic (exact) mass is 376 g/mol. The predicted molar refractivity (Wildman–Crippen MR) is 110 cm³/mol. The van der Waals surface area contributed by atoms with E-state index in [1.165, 1.54) is 19.3 Å². The Hall–Kier alpha value is -2.62. The van der Waals surface area contributed by atoms with Crippen LogP contribution in [-0.4, -0.2) is 29.3 Å². The summed E-state index contributed by atoms with van der Waals surface area (Å²) in [5.41, 5.74) is 3.37. The summed E-state index contributed by atoms with van der Waals surface area (Å²) in [5, 5.41) is 3.08. The van der Waals surface area contributed by atoms with E-state index in [0.717, 1.165) is 29.5 Å². The number of amides is 2. The van der Waals surface area contributed by atoms with E-state index < -0.39 is 0 Å². The van der Waals surface area contributed by atoms with E-state index in [2.05, 4.69) is 29.6 Å². The first kappa shape index (κ1) is 18.7. The molecule has 2 fully saturated rings. The Morgan fingerprint density at radius 3 is 2.46 bits per heavy atom. The smallest absolute Gasteiger partial charge is 0.225 e. The highest BCUT2D eigenvalue weighted by atomic mass is 16.2. The van der Waals surface area contributed by atoms with Gasteiger partial charge in [-0.2, -0.15) is 0 Å². The maximum Gasteiger partial charge on any atom is 0.225 e. The van der Waals surface area contributed by atoms with Crippen LogP contribution in [0, 0.1) is 5.92 Å². The predicted octanol–water partition coefficient (Wildman–Crippen LogP) is 4.15. The van der Waals surface area contributed by atoms with Crippen molar-refractivity contribution in [3.63, 3.8) is 0 Å². The van der Waals surface area contributed by atoms with Gasteiger partial charge in [0.15, 0.2) is 0 Å². The molecule has 0 bridgehead atoms. The number of hydrogen-bond donors (Lipinski definition) is 1. The Bertz CT molecular complexity index is 828. The molecule has 0 radical (unpaired) electrons. The molecule has 28 heavy (non-hydrogen) atoms. The maximum atomic E-state index is 12.8. The van der Waals surface area contributed by atoms with E-state index in [0.29, 0.717) is 25.6 Å². The van der Waals surface area contributed by atoms with Crippen LogP contribution in [0.25, 0.3) is 11.1 Å². The van der Waals surface area contributed by atoms with Crippen molar-refractivity contribution in [1.82, 2.24) is 10.2 Å². The van der Waals surface area contributed by atoms with E-state index in [1.807, 2.05) is 35.2 Å². The Morgan fingerprint density at radius 2 is 1.68 bits per heavy atom. The van der Waals surface area contributed by atoms with Crippen molar-refractivity contribution >= 4 is 11.8 Å². The minimum absolute atomic E-state index is 0.00507. The number of carbonyl (C=O) groups is 2. The minimum atomic E-state index is -0.224. The van der Waals surface area contributed by atoms with Gasteiger partial charge >= 0.3 is 0 Å². The van der Waals surface area contributed by atoms with Crippen LogP contribution in [0.2, 0.25) is 0 Å². The highest BCUT2D eigenvalue weighted by Crippen LogP contribution is 2.29. The second-order valence-corrected chi connectivity index (χ2v) is 7.98. The van der Waals surface area contributed by atoms with Crippen molar-refractivity contribution in [1.29, 1.82) is 0 Å². The van der Waals surface area contributed by atoms with Crippen molar-refractivity contribution in [2.45, 2.75) is 51.1 Å². The van der Waals surface area contributed by atoms with Crippen molar-refractivity contribution in [3.8, 4) is 11.1 Å². The lowest BCUT2D eigenvalue weighted by molar-refractivity contribution is -0.130. The Balaban J connectivity index is 1.38. The quantitative estimate of drug-likeness (QED) is 0.852. The van der Waals surface area contributed by atoms with Crippen molar-refractivity contribution < 1.29 is 9.59 Å². The standard InChI is InChI=1S/C24H28N2O2/c27-23-15-20(17-26(23)21-12-5-2-6-13-21)24(28)25-16-19-11-7-8-14-22(19)18-9-3-1-4-10-18/h1,3-4,7-11,14,20-21H,2,5-6,12-13,15-17H2,(H,25,28). The lowest BCUT2D eigenvalue weighted by Gasteiger charge is -2.31. The van der Waals surface area contributed by atoms with Crippen molar-refractivity contribution in [2.24, 2.45) is 5.92 Å². The fourth-order valence-electron chi connectivity index (χ4n) is 4.55. The van der Waals surface area contributed by atoms with Gasteiger partial charge in [-0.3, -0.25) is 9.59 Å². The molecule has 1 aliphatic heterocycles. The van der Waals surface area contributed by atoms with Crippen LogP contribution in [0.1, 0.15) is 44.1 Å². The summed E-state index contributed by atoms with van der Waals surface area (Å²) >= 11 is 0. The van der Waals surface area contributed by atoms with Crippen molar-refractivity contribution in [3.05, 3.63) is 60.2 Å². The van der Waals surface area contributed by atoms with Gasteiger partial charge in [-0.25, -0.2) is 0 Å². The van der Waals surface area contributed by atoms with E-state index >= 15 is 0 Å². The molecule has 0 aromatic heterocycles. The average molecular weight is 377 g/mol. The third kappa shape index (κ3) is 4.11. The number of benzene rings is 2. The lowest BCUT2D eigenvalue weighted by Crippen LogP contribution is -2.39. The van der Waals surface area contributed by atoms with Crippen LogP contribution in [-0.2, 0) is 16.1 Å². The minimum Gasteiger partial charge on any atom is -0.352 e. The molecule has 1 saturated carbocycles. The summed E-state index contributed by atoms with van der Waals surface area (Å²) in [5.74, 6) is -0.0791. The zero-order valence-corrected chi connectivity index (χ0v) is 16.3. The molecule has 2 aromatic carbocycles. The molecule has 1 aliphatic carbocycles. The summed E-state index contributed by atoms with van der Waals surface area (Å²) in [4.78, 5) is 27.2. The molecule has 1 unspecified atom stereocenters. The van der Waals surface area contributed by atoms with Gasteiger partial charge in [0.2, 0.25) is 11.8 Å². The van der Waals surface area contributed by atoms with E-state index in [1.54, 1.807) is 0 Å². The first-order chi connectivity index (χ1) is 13.7. The number of hydrogen-bond acceptors (Lipinski definition) is 2. The van der Waals surface area contributed by atoms with Gasteiger partial charge in [-0.15, -0.1) is 0 Å². The van der Waals surface area contributed by atoms with Crippen LogP contribution < -0.4 is 5.32 Å². The summed E-state index contributed by atoms with van der Waals surface area (Å²) in [6.45, 7) is 1.06. The molecular weight excluding hydrogens is 348 g/mol. The molecule has 1 atom stereocenters. The summed E-state index contributed by atoms with van der Waals surface area (Å²) < 4.78 is 0. The van der Waals surface area contributed by atoms with Gasteiger partial charge in [0, 0.05) is 25.6 Å². The molecule has 4 rings (SSSR count). The fraction of sp³-hybridized carbons (Fsp3) is 0.417. The van der Waals surface area contributed by atoms with Gasteiger partial charge in [-0.1, -0.05) is 73.9 Å². The van der Waals surface area contributed by atoms with Crippen LogP contribution >= 0.6 is 0 Å². The number of likely N-dealkylation sites (tertiary alicyclic amines) is 1. The van der Waals surface area contributed by atoms with Crippen LogP contribution in [0.15, 0.2) is 54.6 Å². The second-order valence-electron chi connectivity index (χ2n) is 7.98. The highest BCUT2D eigenvalue weighted by molar-refractivity contribution is 5.89. The number of carbonyl (C=O) groups excluding carboxylic acids is 2. The molecule has 2 amide bonds. The number of rotatable bonds is 5. The fourth-order valence-corrected chi connectivity index (χ4v) is 4.55. The van der Waals surface area contributed by atoms with Gasteiger partial charge in [-0.05, 0) is 29.5 Å². The van der Waals surface area contributed by atoms with Crippen LogP contribution in [0.3, 0.4) is 0 Å². The van der Waals surface area contributed by atoms with E-state index in [9.17, 15) is 9.59 Å². The first-order valence-electron chi connectivity index (χ1n) is 10.4. The molecule has 2 aliphatic rings. The molecule has 1 saturated heterocycles. The largest absolute Gasteiger partial charge is 0.352 e. The third-order valence-electron chi connectivity index (χ3n) is 6.10.